The lowest BCUT2D eigenvalue weighted by Crippen LogP contribution is -2.40. The maximum Gasteiger partial charge on any atom is 0.325 e. The summed E-state index contributed by atoms with van der Waals surface area (Å²) >= 11 is 1.37. The van der Waals surface area contributed by atoms with E-state index < -0.39 is 18.0 Å². The fourth-order valence-corrected chi connectivity index (χ4v) is 3.60. The molecule has 1 heterocycles. The third kappa shape index (κ3) is 5.61. The zero-order valence-electron chi connectivity index (χ0n) is 17.6. The highest BCUT2D eigenvalue weighted by atomic mass is 32.1. The van der Waals surface area contributed by atoms with Crippen LogP contribution < -0.4 is 20.7 Å². The summed E-state index contributed by atoms with van der Waals surface area (Å²) in [5.41, 5.74) is 2.51. The van der Waals surface area contributed by atoms with Crippen molar-refractivity contribution in [3.63, 3.8) is 0 Å². The number of carboxylic acids is 1. The van der Waals surface area contributed by atoms with E-state index in [0.717, 1.165) is 21.9 Å². The first-order chi connectivity index (χ1) is 15.3. The first-order valence-electron chi connectivity index (χ1n) is 9.60. The van der Waals surface area contributed by atoms with Crippen molar-refractivity contribution in [1.82, 2.24) is 10.3 Å². The Bertz CT molecular complexity index is 1130. The number of methoxy groups -OCH3 is 1. The highest BCUT2D eigenvalue weighted by molar-refractivity contribution is 7.16. The third-order valence-electron chi connectivity index (χ3n) is 4.50. The largest absolute Gasteiger partial charge is 0.497 e. The lowest BCUT2D eigenvalue weighted by atomic mass is 10.1. The van der Waals surface area contributed by atoms with E-state index in [1.807, 2.05) is 31.2 Å². The maximum atomic E-state index is 12.6. The lowest BCUT2D eigenvalue weighted by Gasteiger charge is -2.11. The molecule has 10 heteroatoms. The number of aromatic nitrogens is 1. The van der Waals surface area contributed by atoms with Crippen molar-refractivity contribution in [2.45, 2.75) is 19.9 Å². The minimum atomic E-state index is -1.14. The SMILES string of the molecule is COc1ccc(-c2nc(NC(=O)c3ccc(NC(=O)NC(C)C(=O)O)cc3)sc2C)cc1. The fourth-order valence-electron chi connectivity index (χ4n) is 2.77. The first-order valence-corrected chi connectivity index (χ1v) is 10.4. The van der Waals surface area contributed by atoms with E-state index in [1.54, 1.807) is 31.4 Å². The lowest BCUT2D eigenvalue weighted by molar-refractivity contribution is -0.138. The average Bonchev–Trinajstić information content (AvgIpc) is 3.13. The second-order valence-corrected chi connectivity index (χ2v) is 8.05. The normalized spacial score (nSPS) is 11.3. The highest BCUT2D eigenvalue weighted by Crippen LogP contribution is 2.31. The molecule has 0 saturated heterocycles. The summed E-state index contributed by atoms with van der Waals surface area (Å²) in [5.74, 6) is -0.725. The van der Waals surface area contributed by atoms with E-state index >= 15 is 0 Å². The van der Waals surface area contributed by atoms with Crippen LogP contribution in [0.4, 0.5) is 15.6 Å². The molecule has 9 nitrogen and oxygen atoms in total. The molecule has 0 aliphatic carbocycles. The molecule has 1 atom stereocenters. The van der Waals surface area contributed by atoms with E-state index in [9.17, 15) is 14.4 Å². The van der Waals surface area contributed by atoms with E-state index in [-0.39, 0.29) is 5.91 Å². The van der Waals surface area contributed by atoms with E-state index in [0.29, 0.717) is 16.4 Å². The molecule has 1 unspecified atom stereocenters. The first kappa shape index (κ1) is 22.8. The molecular weight excluding hydrogens is 432 g/mol. The molecule has 0 fully saturated rings. The van der Waals surface area contributed by atoms with Gasteiger partial charge in [0.15, 0.2) is 5.13 Å². The van der Waals surface area contributed by atoms with Crippen molar-refractivity contribution < 1.29 is 24.2 Å². The Morgan fingerprint density at radius 2 is 1.69 bits per heavy atom. The van der Waals surface area contributed by atoms with Crippen LogP contribution in [0, 0.1) is 6.92 Å². The molecule has 3 rings (SSSR count). The molecule has 0 spiro atoms. The monoisotopic (exact) mass is 454 g/mol. The number of rotatable bonds is 7. The number of nitrogens with zero attached hydrogens (tertiary/aromatic N) is 1. The van der Waals surface area contributed by atoms with E-state index in [4.69, 9.17) is 9.84 Å². The summed E-state index contributed by atoms with van der Waals surface area (Å²) in [4.78, 5) is 40.7. The van der Waals surface area contributed by atoms with Gasteiger partial charge >= 0.3 is 12.0 Å². The Morgan fingerprint density at radius 1 is 1.03 bits per heavy atom. The number of anilines is 2. The van der Waals surface area contributed by atoms with Crippen LogP contribution >= 0.6 is 11.3 Å². The molecule has 3 amide bonds. The predicted octanol–water partition coefficient (Wildman–Crippen LogP) is 3.97. The smallest absolute Gasteiger partial charge is 0.325 e. The summed E-state index contributed by atoms with van der Waals surface area (Å²) in [6, 6.07) is 12.1. The molecule has 0 saturated carbocycles. The Hall–Kier alpha value is -3.92. The van der Waals surface area contributed by atoms with Crippen molar-refractivity contribution in [3.05, 3.63) is 59.0 Å². The zero-order chi connectivity index (χ0) is 23.3. The molecular formula is C22H22N4O5S. The molecule has 4 N–H and O–H groups in total. The molecule has 1 aromatic heterocycles. The van der Waals surface area contributed by atoms with Crippen LogP contribution in [0.5, 0.6) is 5.75 Å². The van der Waals surface area contributed by atoms with Crippen molar-refractivity contribution in [2.75, 3.05) is 17.7 Å². The van der Waals surface area contributed by atoms with E-state index in [2.05, 4.69) is 20.9 Å². The van der Waals surface area contributed by atoms with E-state index in [1.165, 1.54) is 18.3 Å². The van der Waals surface area contributed by atoms with Gasteiger partial charge in [-0.05, 0) is 62.4 Å². The number of hydrogen-bond acceptors (Lipinski definition) is 6. The Balaban J connectivity index is 1.63. The van der Waals surface area contributed by atoms with Crippen LogP contribution in [-0.4, -0.2) is 41.1 Å². The van der Waals surface area contributed by atoms with Gasteiger partial charge in [-0.1, -0.05) is 0 Å². The van der Waals surface area contributed by atoms with Crippen LogP contribution in [0.2, 0.25) is 0 Å². The van der Waals surface area contributed by atoms with Crippen LogP contribution in [-0.2, 0) is 4.79 Å². The Kier molecular flexibility index (Phi) is 7.06. The van der Waals surface area contributed by atoms with Crippen LogP contribution in [0.15, 0.2) is 48.5 Å². The number of nitrogens with one attached hydrogen (secondary N) is 3. The van der Waals surface area contributed by atoms with Crippen molar-refractivity contribution in [2.24, 2.45) is 0 Å². The maximum absolute atomic E-state index is 12.6. The van der Waals surface area contributed by atoms with Gasteiger partial charge in [0.1, 0.15) is 11.8 Å². The molecule has 32 heavy (non-hydrogen) atoms. The number of amides is 3. The number of ether oxygens (including phenoxy) is 1. The van der Waals surface area contributed by atoms with Crippen molar-refractivity contribution in [3.8, 4) is 17.0 Å². The molecule has 0 aliphatic heterocycles. The number of carbonyl (C=O) groups excluding carboxylic acids is 2. The highest BCUT2D eigenvalue weighted by Gasteiger charge is 2.15. The standard InChI is InChI=1S/C22H22N4O5S/c1-12(20(28)29)23-21(30)24-16-8-4-15(5-9-16)19(27)26-22-25-18(13(2)32-22)14-6-10-17(31-3)11-7-14/h4-12H,1-3H3,(H,28,29)(H2,23,24,30)(H,25,26,27). The zero-order valence-corrected chi connectivity index (χ0v) is 18.4. The molecule has 0 aliphatic rings. The molecule has 3 aromatic rings. The number of hydrogen-bond donors (Lipinski definition) is 4. The average molecular weight is 455 g/mol. The van der Waals surface area contributed by atoms with Gasteiger partial charge in [0.05, 0.1) is 12.8 Å². The van der Waals surface area contributed by atoms with Crippen molar-refractivity contribution >= 4 is 40.1 Å². The topological polar surface area (TPSA) is 130 Å². The van der Waals surface area contributed by atoms with Gasteiger partial charge in [-0.3, -0.25) is 14.9 Å². The fraction of sp³-hybridized carbons (Fsp3) is 0.182. The van der Waals surface area contributed by atoms with Crippen LogP contribution in [0.3, 0.4) is 0 Å². The third-order valence-corrected chi connectivity index (χ3v) is 5.39. The quantitative estimate of drug-likeness (QED) is 0.427. The van der Waals surface area contributed by atoms with Gasteiger partial charge in [-0.15, -0.1) is 11.3 Å². The number of urea groups is 1. The molecule has 166 valence electrons. The summed E-state index contributed by atoms with van der Waals surface area (Å²) in [6.07, 6.45) is 0. The number of thiazole rings is 1. The molecule has 0 bridgehead atoms. The Morgan fingerprint density at radius 3 is 2.28 bits per heavy atom. The van der Waals surface area contributed by atoms with Gasteiger partial charge in [-0.2, -0.15) is 0 Å². The predicted molar refractivity (Wildman–Crippen MR) is 122 cm³/mol. The summed E-state index contributed by atoms with van der Waals surface area (Å²) in [5, 5.41) is 16.9. The number of carbonyl (C=O) groups is 3. The number of carboxylic acid groups (broad SMARTS) is 1. The van der Waals surface area contributed by atoms with Gasteiger partial charge in [-0.25, -0.2) is 9.78 Å². The second-order valence-electron chi connectivity index (χ2n) is 6.84. The summed E-state index contributed by atoms with van der Waals surface area (Å²) in [7, 11) is 1.61. The number of aryl methyl sites for hydroxylation is 1. The van der Waals surface area contributed by atoms with Gasteiger partial charge in [0.2, 0.25) is 0 Å². The van der Waals surface area contributed by atoms with Crippen molar-refractivity contribution in [1.29, 1.82) is 0 Å². The number of benzene rings is 2. The molecule has 0 radical (unpaired) electrons. The minimum Gasteiger partial charge on any atom is -0.497 e. The second kappa shape index (κ2) is 9.92. The van der Waals surface area contributed by atoms with Crippen LogP contribution in [0.1, 0.15) is 22.2 Å². The Labute approximate surface area is 188 Å². The minimum absolute atomic E-state index is 0.337. The van der Waals surface area contributed by atoms with Gasteiger partial charge in [0.25, 0.3) is 5.91 Å². The van der Waals surface area contributed by atoms with Gasteiger partial charge < -0.3 is 20.5 Å². The van der Waals surface area contributed by atoms with Gasteiger partial charge in [0, 0.05) is 21.7 Å². The number of aliphatic carboxylic acids is 1. The van der Waals surface area contributed by atoms with Crippen LogP contribution in [0.25, 0.3) is 11.3 Å². The summed E-state index contributed by atoms with van der Waals surface area (Å²) < 4.78 is 5.17. The molecule has 2 aromatic carbocycles. The summed E-state index contributed by atoms with van der Waals surface area (Å²) in [6.45, 7) is 3.29.